The van der Waals surface area contributed by atoms with Gasteiger partial charge in [-0.2, -0.15) is 0 Å². The molecule has 6 heteroatoms. The number of benzene rings is 1. The van der Waals surface area contributed by atoms with Crippen molar-refractivity contribution in [3.05, 3.63) is 28.8 Å². The topological polar surface area (TPSA) is 86.5 Å². The number of nitrogens with two attached hydrogens (primary N) is 1. The van der Waals surface area contributed by atoms with Gasteiger partial charge in [0.15, 0.2) is 0 Å². The summed E-state index contributed by atoms with van der Waals surface area (Å²) in [5, 5.41) is 5.22. The van der Waals surface area contributed by atoms with Crippen molar-refractivity contribution in [2.24, 2.45) is 5.14 Å². The molecule has 1 aromatic carbocycles. The lowest BCUT2D eigenvalue weighted by Crippen LogP contribution is -2.17. The Morgan fingerprint density at radius 2 is 1.95 bits per heavy atom. The summed E-state index contributed by atoms with van der Waals surface area (Å²) >= 11 is 0. The standard InChI is InChI=1S/C14H21NO4S/c1-5-9(3)11-7-10(6-2)13(20(15,17)18)8-12(11)14(16)19-4/h7-9H,5-6H2,1-4H3,(H2,15,17,18). The Morgan fingerprint density at radius 3 is 2.35 bits per heavy atom. The first kappa shape index (κ1) is 16.7. The van der Waals surface area contributed by atoms with E-state index in [0.29, 0.717) is 12.0 Å². The molecule has 0 aromatic heterocycles. The zero-order valence-corrected chi connectivity index (χ0v) is 13.1. The van der Waals surface area contributed by atoms with E-state index in [2.05, 4.69) is 0 Å². The van der Waals surface area contributed by atoms with Gasteiger partial charge < -0.3 is 4.74 Å². The molecule has 2 N–H and O–H groups in total. The summed E-state index contributed by atoms with van der Waals surface area (Å²) in [5.41, 5.74) is 1.68. The van der Waals surface area contributed by atoms with Crippen molar-refractivity contribution in [3.8, 4) is 0 Å². The number of primary sulfonamides is 1. The molecule has 1 aromatic rings. The second-order valence-electron chi connectivity index (χ2n) is 4.75. The zero-order chi connectivity index (χ0) is 15.5. The smallest absolute Gasteiger partial charge is 0.338 e. The SMILES string of the molecule is CCc1cc(C(C)CC)c(C(=O)OC)cc1S(N)(=O)=O. The van der Waals surface area contributed by atoms with E-state index in [1.807, 2.05) is 20.8 Å². The third kappa shape index (κ3) is 3.37. The number of hydrogen-bond donors (Lipinski definition) is 1. The van der Waals surface area contributed by atoms with Gasteiger partial charge in [0, 0.05) is 0 Å². The predicted molar refractivity (Wildman–Crippen MR) is 77.2 cm³/mol. The van der Waals surface area contributed by atoms with Crippen LogP contribution in [0.3, 0.4) is 0 Å². The average Bonchev–Trinajstić information content (AvgIpc) is 2.42. The molecule has 0 aliphatic rings. The van der Waals surface area contributed by atoms with Gasteiger partial charge >= 0.3 is 5.97 Å². The first-order chi connectivity index (χ1) is 9.26. The average molecular weight is 299 g/mol. The molecule has 5 nitrogen and oxygen atoms in total. The number of hydrogen-bond acceptors (Lipinski definition) is 4. The molecule has 0 heterocycles. The Kier molecular flexibility index (Phi) is 5.30. The van der Waals surface area contributed by atoms with Crippen LogP contribution >= 0.6 is 0 Å². The lowest BCUT2D eigenvalue weighted by Gasteiger charge is -2.17. The maximum absolute atomic E-state index is 11.9. The highest BCUT2D eigenvalue weighted by atomic mass is 32.2. The lowest BCUT2D eigenvalue weighted by molar-refractivity contribution is 0.0598. The summed E-state index contributed by atoms with van der Waals surface area (Å²) in [5.74, 6) is -0.420. The van der Waals surface area contributed by atoms with Crippen LogP contribution in [0.4, 0.5) is 0 Å². The molecule has 1 rings (SSSR count). The fourth-order valence-corrected chi connectivity index (χ4v) is 2.95. The van der Waals surface area contributed by atoms with E-state index in [1.165, 1.54) is 13.2 Å². The van der Waals surface area contributed by atoms with Crippen LogP contribution in [0, 0.1) is 0 Å². The highest BCUT2D eigenvalue weighted by molar-refractivity contribution is 7.89. The molecule has 0 fully saturated rings. The van der Waals surface area contributed by atoms with Crippen molar-refractivity contribution in [2.45, 2.75) is 44.4 Å². The Balaban J connectivity index is 3.66. The molecule has 0 aliphatic carbocycles. The molecule has 1 atom stereocenters. The fraction of sp³-hybridized carbons (Fsp3) is 0.500. The van der Waals surface area contributed by atoms with Crippen molar-refractivity contribution < 1.29 is 17.9 Å². The molecule has 0 spiro atoms. The number of carbonyl (C=O) groups is 1. The van der Waals surface area contributed by atoms with Crippen LogP contribution in [-0.2, 0) is 21.2 Å². The number of ether oxygens (including phenoxy) is 1. The summed E-state index contributed by atoms with van der Waals surface area (Å²) in [6.45, 7) is 5.84. The normalized spacial score (nSPS) is 13.1. The van der Waals surface area contributed by atoms with Gasteiger partial charge in [-0.3, -0.25) is 0 Å². The summed E-state index contributed by atoms with van der Waals surface area (Å²) < 4.78 is 28.0. The molecular weight excluding hydrogens is 278 g/mol. The Bertz CT molecular complexity index is 608. The largest absolute Gasteiger partial charge is 0.465 e. The van der Waals surface area contributed by atoms with Gasteiger partial charge in [0.05, 0.1) is 17.6 Å². The van der Waals surface area contributed by atoms with Crippen molar-refractivity contribution in [1.82, 2.24) is 0 Å². The summed E-state index contributed by atoms with van der Waals surface area (Å²) in [7, 11) is -2.60. The number of carbonyl (C=O) groups excluding carboxylic acids is 1. The van der Waals surface area contributed by atoms with E-state index < -0.39 is 16.0 Å². The second kappa shape index (κ2) is 6.37. The number of methoxy groups -OCH3 is 1. The minimum Gasteiger partial charge on any atom is -0.465 e. The zero-order valence-electron chi connectivity index (χ0n) is 12.3. The van der Waals surface area contributed by atoms with Gasteiger partial charge in [-0.25, -0.2) is 18.4 Å². The lowest BCUT2D eigenvalue weighted by atomic mass is 9.91. The molecule has 0 bridgehead atoms. The van der Waals surface area contributed by atoms with Gasteiger partial charge in [-0.1, -0.05) is 26.8 Å². The highest BCUT2D eigenvalue weighted by Gasteiger charge is 2.22. The predicted octanol–water partition coefficient (Wildman–Crippen LogP) is 2.20. The Hall–Kier alpha value is -1.40. The number of aryl methyl sites for hydroxylation is 1. The monoisotopic (exact) mass is 299 g/mol. The summed E-state index contributed by atoms with van der Waals surface area (Å²) in [6, 6.07) is 3.08. The maximum Gasteiger partial charge on any atom is 0.338 e. The van der Waals surface area contributed by atoms with Gasteiger partial charge in [-0.15, -0.1) is 0 Å². The minimum atomic E-state index is -3.87. The third-order valence-electron chi connectivity index (χ3n) is 3.47. The van der Waals surface area contributed by atoms with Crippen LogP contribution in [0.1, 0.15) is 54.6 Å². The van der Waals surface area contributed by atoms with Crippen LogP contribution < -0.4 is 5.14 Å². The van der Waals surface area contributed by atoms with E-state index >= 15 is 0 Å². The molecule has 112 valence electrons. The summed E-state index contributed by atoms with van der Waals surface area (Å²) in [4.78, 5) is 11.9. The van der Waals surface area contributed by atoms with E-state index in [4.69, 9.17) is 9.88 Å². The van der Waals surface area contributed by atoms with Crippen LogP contribution in [0.15, 0.2) is 17.0 Å². The van der Waals surface area contributed by atoms with E-state index in [-0.39, 0.29) is 16.4 Å². The molecule has 0 radical (unpaired) electrons. The van der Waals surface area contributed by atoms with E-state index in [9.17, 15) is 13.2 Å². The van der Waals surface area contributed by atoms with Gasteiger partial charge in [0.2, 0.25) is 10.0 Å². The third-order valence-corrected chi connectivity index (χ3v) is 4.46. The first-order valence-corrected chi connectivity index (χ1v) is 8.08. The van der Waals surface area contributed by atoms with Crippen LogP contribution in [0.25, 0.3) is 0 Å². The van der Waals surface area contributed by atoms with Gasteiger partial charge in [-0.05, 0) is 36.0 Å². The van der Waals surface area contributed by atoms with Crippen molar-refractivity contribution in [1.29, 1.82) is 0 Å². The van der Waals surface area contributed by atoms with Crippen molar-refractivity contribution in [2.75, 3.05) is 7.11 Å². The van der Waals surface area contributed by atoms with Crippen LogP contribution in [0.5, 0.6) is 0 Å². The molecule has 0 saturated heterocycles. The first-order valence-electron chi connectivity index (χ1n) is 6.54. The number of sulfonamides is 1. The van der Waals surface area contributed by atoms with Crippen molar-refractivity contribution in [3.63, 3.8) is 0 Å². The summed E-state index contributed by atoms with van der Waals surface area (Å²) in [6.07, 6.45) is 1.36. The Labute approximate surface area is 120 Å². The fourth-order valence-electron chi connectivity index (χ4n) is 2.10. The number of esters is 1. The van der Waals surface area contributed by atoms with Gasteiger partial charge in [0.25, 0.3) is 0 Å². The quantitative estimate of drug-likeness (QED) is 0.844. The highest BCUT2D eigenvalue weighted by Crippen LogP contribution is 2.29. The maximum atomic E-state index is 11.9. The van der Waals surface area contributed by atoms with Crippen LogP contribution in [0.2, 0.25) is 0 Å². The van der Waals surface area contributed by atoms with Crippen molar-refractivity contribution >= 4 is 16.0 Å². The molecule has 0 amide bonds. The molecule has 0 aliphatic heterocycles. The minimum absolute atomic E-state index is 0.00699. The van der Waals surface area contributed by atoms with Gasteiger partial charge in [0.1, 0.15) is 0 Å². The molecule has 1 unspecified atom stereocenters. The number of rotatable bonds is 5. The van der Waals surface area contributed by atoms with Crippen LogP contribution in [-0.4, -0.2) is 21.5 Å². The molecule has 20 heavy (non-hydrogen) atoms. The van der Waals surface area contributed by atoms with E-state index in [1.54, 1.807) is 6.07 Å². The van der Waals surface area contributed by atoms with E-state index in [0.717, 1.165) is 12.0 Å². The molecule has 0 saturated carbocycles. The second-order valence-corrected chi connectivity index (χ2v) is 6.28. The molecular formula is C14H21NO4S. The Morgan fingerprint density at radius 1 is 1.35 bits per heavy atom.